The van der Waals surface area contributed by atoms with Crippen LogP contribution in [0.2, 0.25) is 0 Å². The maximum atomic E-state index is 12.6. The van der Waals surface area contributed by atoms with Crippen LogP contribution in [0.3, 0.4) is 0 Å². The number of fused-ring (bicyclic) bond motifs is 1. The average molecular weight is 348 g/mol. The summed E-state index contributed by atoms with van der Waals surface area (Å²) in [6.07, 6.45) is 4.34. The molecule has 0 spiro atoms. The summed E-state index contributed by atoms with van der Waals surface area (Å²) in [5.74, 6) is -0.211. The van der Waals surface area contributed by atoms with Crippen molar-refractivity contribution in [3.8, 4) is 0 Å². The van der Waals surface area contributed by atoms with E-state index in [1.807, 2.05) is 49.5 Å². The number of hydrogen-bond acceptors (Lipinski definition) is 3. The molecule has 2 amide bonds. The SMILES string of the molecule is Cn1cc(N2CC[C@@H](NC(=O)Cc3cccc4ccccc34)C2=O)cn1. The number of carbonyl (C=O) groups is 2. The van der Waals surface area contributed by atoms with Gasteiger partial charge in [-0.3, -0.25) is 14.3 Å². The molecule has 4 rings (SSSR count). The molecule has 0 unspecified atom stereocenters. The van der Waals surface area contributed by atoms with Crippen LogP contribution < -0.4 is 10.2 Å². The Bertz CT molecular complexity index is 973. The van der Waals surface area contributed by atoms with Gasteiger partial charge in [-0.1, -0.05) is 42.5 Å². The third kappa shape index (κ3) is 3.06. The second-order valence-electron chi connectivity index (χ2n) is 6.59. The molecule has 0 saturated carbocycles. The Kier molecular flexibility index (Phi) is 4.16. The highest BCUT2D eigenvalue weighted by atomic mass is 16.2. The molecule has 1 N–H and O–H groups in total. The van der Waals surface area contributed by atoms with Gasteiger partial charge in [-0.2, -0.15) is 5.10 Å². The van der Waals surface area contributed by atoms with Crippen molar-refractivity contribution in [3.05, 3.63) is 60.4 Å². The number of carbonyl (C=O) groups excluding carboxylic acids is 2. The molecule has 2 aromatic carbocycles. The van der Waals surface area contributed by atoms with Gasteiger partial charge >= 0.3 is 0 Å². The molecule has 1 aliphatic rings. The third-order valence-electron chi connectivity index (χ3n) is 4.77. The first-order valence-corrected chi connectivity index (χ1v) is 8.68. The summed E-state index contributed by atoms with van der Waals surface area (Å²) in [7, 11) is 1.81. The molecule has 0 radical (unpaired) electrons. The lowest BCUT2D eigenvalue weighted by Gasteiger charge is -2.15. The number of benzene rings is 2. The maximum Gasteiger partial charge on any atom is 0.249 e. The minimum Gasteiger partial charge on any atom is -0.344 e. The zero-order valence-corrected chi connectivity index (χ0v) is 14.6. The summed E-state index contributed by atoms with van der Waals surface area (Å²) < 4.78 is 1.66. The van der Waals surface area contributed by atoms with Crippen molar-refractivity contribution in [2.75, 3.05) is 11.4 Å². The first-order valence-electron chi connectivity index (χ1n) is 8.68. The van der Waals surface area contributed by atoms with Gasteiger partial charge in [-0.15, -0.1) is 0 Å². The van der Waals surface area contributed by atoms with Gasteiger partial charge in [0.05, 0.1) is 18.3 Å². The predicted octanol–water partition coefficient (Wildman–Crippen LogP) is 2.04. The number of amides is 2. The number of anilines is 1. The topological polar surface area (TPSA) is 67.2 Å². The Labute approximate surface area is 151 Å². The van der Waals surface area contributed by atoms with Crippen molar-refractivity contribution in [1.82, 2.24) is 15.1 Å². The summed E-state index contributed by atoms with van der Waals surface area (Å²) in [6, 6.07) is 13.5. The van der Waals surface area contributed by atoms with Crippen molar-refractivity contribution in [3.63, 3.8) is 0 Å². The molecule has 3 aromatic rings. The van der Waals surface area contributed by atoms with E-state index in [4.69, 9.17) is 0 Å². The van der Waals surface area contributed by atoms with Gasteiger partial charge in [0, 0.05) is 19.8 Å². The van der Waals surface area contributed by atoms with Crippen molar-refractivity contribution in [2.24, 2.45) is 7.05 Å². The highest BCUT2D eigenvalue weighted by Crippen LogP contribution is 2.22. The van der Waals surface area contributed by atoms with E-state index in [0.717, 1.165) is 22.0 Å². The number of rotatable bonds is 4. The fourth-order valence-corrected chi connectivity index (χ4v) is 3.48. The minimum absolute atomic E-state index is 0.0794. The van der Waals surface area contributed by atoms with Gasteiger partial charge in [0.25, 0.3) is 0 Å². The highest BCUT2D eigenvalue weighted by Gasteiger charge is 2.34. The van der Waals surface area contributed by atoms with Gasteiger partial charge in [-0.25, -0.2) is 0 Å². The van der Waals surface area contributed by atoms with Crippen molar-refractivity contribution < 1.29 is 9.59 Å². The van der Waals surface area contributed by atoms with E-state index in [1.165, 1.54) is 0 Å². The quantitative estimate of drug-likeness (QED) is 0.785. The summed E-state index contributed by atoms with van der Waals surface area (Å²) >= 11 is 0. The average Bonchev–Trinajstić information content (AvgIpc) is 3.21. The number of aromatic nitrogens is 2. The van der Waals surface area contributed by atoms with Crippen LogP contribution in [0.15, 0.2) is 54.9 Å². The molecule has 132 valence electrons. The van der Waals surface area contributed by atoms with Crippen LogP contribution >= 0.6 is 0 Å². The van der Waals surface area contributed by atoms with E-state index >= 15 is 0 Å². The van der Waals surface area contributed by atoms with Crippen LogP contribution in [-0.4, -0.2) is 34.2 Å². The Morgan fingerprint density at radius 1 is 1.23 bits per heavy atom. The largest absolute Gasteiger partial charge is 0.344 e. The van der Waals surface area contributed by atoms with Crippen LogP contribution in [0, 0.1) is 0 Å². The first-order chi connectivity index (χ1) is 12.6. The summed E-state index contributed by atoms with van der Waals surface area (Å²) in [5.41, 5.74) is 1.73. The molecule has 0 aliphatic carbocycles. The zero-order valence-electron chi connectivity index (χ0n) is 14.6. The normalized spacial score (nSPS) is 17.0. The second kappa shape index (κ2) is 6.63. The summed E-state index contributed by atoms with van der Waals surface area (Å²) in [5, 5.41) is 9.17. The molecule has 1 aliphatic heterocycles. The molecule has 1 saturated heterocycles. The number of aryl methyl sites for hydroxylation is 1. The fraction of sp³-hybridized carbons (Fsp3) is 0.250. The second-order valence-corrected chi connectivity index (χ2v) is 6.59. The Balaban J connectivity index is 1.44. The van der Waals surface area contributed by atoms with Crippen LogP contribution in [0.1, 0.15) is 12.0 Å². The van der Waals surface area contributed by atoms with Crippen molar-refractivity contribution >= 4 is 28.3 Å². The molecular formula is C20H20N4O2. The number of nitrogens with one attached hydrogen (secondary N) is 1. The Morgan fingerprint density at radius 2 is 2.04 bits per heavy atom. The first kappa shape index (κ1) is 16.3. The molecule has 0 bridgehead atoms. The van der Waals surface area contributed by atoms with Gasteiger partial charge in [0.15, 0.2) is 0 Å². The standard InChI is InChI=1S/C20H20N4O2/c1-23-13-16(12-21-23)24-10-9-18(20(24)26)22-19(25)11-15-7-4-6-14-5-2-3-8-17(14)15/h2-8,12-13,18H,9-11H2,1H3,(H,22,25)/t18-/m1/s1. The Morgan fingerprint density at radius 3 is 2.85 bits per heavy atom. The van der Waals surface area contributed by atoms with Crippen LogP contribution in [-0.2, 0) is 23.1 Å². The van der Waals surface area contributed by atoms with Crippen molar-refractivity contribution in [2.45, 2.75) is 18.9 Å². The van der Waals surface area contributed by atoms with Gasteiger partial charge < -0.3 is 10.2 Å². The highest BCUT2D eigenvalue weighted by molar-refractivity contribution is 6.01. The van der Waals surface area contributed by atoms with Gasteiger partial charge in [0.1, 0.15) is 6.04 Å². The van der Waals surface area contributed by atoms with Gasteiger partial charge in [-0.05, 0) is 22.8 Å². The van der Waals surface area contributed by atoms with E-state index in [-0.39, 0.29) is 18.2 Å². The smallest absolute Gasteiger partial charge is 0.249 e. The molecule has 1 atom stereocenters. The molecule has 26 heavy (non-hydrogen) atoms. The molecule has 2 heterocycles. The summed E-state index contributed by atoms with van der Waals surface area (Å²) in [4.78, 5) is 26.8. The number of hydrogen-bond donors (Lipinski definition) is 1. The van der Waals surface area contributed by atoms with E-state index in [9.17, 15) is 9.59 Å². The third-order valence-corrected chi connectivity index (χ3v) is 4.77. The monoisotopic (exact) mass is 348 g/mol. The van der Waals surface area contributed by atoms with Crippen LogP contribution in [0.4, 0.5) is 5.69 Å². The predicted molar refractivity (Wildman–Crippen MR) is 99.8 cm³/mol. The molecule has 1 fully saturated rings. The fourth-order valence-electron chi connectivity index (χ4n) is 3.48. The Hall–Kier alpha value is -3.15. The van der Waals surface area contributed by atoms with Crippen molar-refractivity contribution in [1.29, 1.82) is 0 Å². The van der Waals surface area contributed by atoms with E-state index < -0.39 is 6.04 Å². The minimum atomic E-state index is -0.474. The lowest BCUT2D eigenvalue weighted by molar-refractivity contribution is -0.126. The van der Waals surface area contributed by atoms with Crippen LogP contribution in [0.5, 0.6) is 0 Å². The number of nitrogens with zero attached hydrogens (tertiary/aromatic N) is 3. The lowest BCUT2D eigenvalue weighted by Crippen LogP contribution is -2.42. The van der Waals surface area contributed by atoms with Crippen LogP contribution in [0.25, 0.3) is 10.8 Å². The van der Waals surface area contributed by atoms with E-state index in [1.54, 1.807) is 22.0 Å². The molecule has 1 aromatic heterocycles. The zero-order chi connectivity index (χ0) is 18.1. The molecule has 6 heteroatoms. The van der Waals surface area contributed by atoms with E-state index in [2.05, 4.69) is 10.4 Å². The molecule has 6 nitrogen and oxygen atoms in total. The lowest BCUT2D eigenvalue weighted by atomic mass is 10.0. The summed E-state index contributed by atoms with van der Waals surface area (Å²) in [6.45, 7) is 0.587. The van der Waals surface area contributed by atoms with E-state index in [0.29, 0.717) is 13.0 Å². The maximum absolute atomic E-state index is 12.6. The van der Waals surface area contributed by atoms with Gasteiger partial charge in [0.2, 0.25) is 11.8 Å². The molecular weight excluding hydrogens is 328 g/mol.